The summed E-state index contributed by atoms with van der Waals surface area (Å²) in [6, 6.07) is -0.759. The Morgan fingerprint density at radius 2 is 2.21 bits per heavy atom. The number of hydrogen-bond donors (Lipinski definition) is 0. The van der Waals surface area contributed by atoms with Crippen molar-refractivity contribution in [1.82, 2.24) is 4.90 Å². The zero-order chi connectivity index (χ0) is 10.9. The minimum Gasteiger partial charge on any atom is -0.339 e. The van der Waals surface area contributed by atoms with E-state index in [-0.39, 0.29) is 10.7 Å². The van der Waals surface area contributed by atoms with Gasteiger partial charge in [-0.1, -0.05) is 15.9 Å². The van der Waals surface area contributed by atoms with E-state index in [9.17, 15) is 18.0 Å². The average Bonchev–Trinajstić information content (AvgIpc) is 2.29. The van der Waals surface area contributed by atoms with Crippen molar-refractivity contribution in [2.75, 3.05) is 6.54 Å². The summed E-state index contributed by atoms with van der Waals surface area (Å²) in [6.07, 6.45) is -4.55. The van der Waals surface area contributed by atoms with Gasteiger partial charge >= 0.3 is 6.18 Å². The summed E-state index contributed by atoms with van der Waals surface area (Å²) in [6.45, 7) is 1.84. The summed E-state index contributed by atoms with van der Waals surface area (Å²) in [7, 11) is 0. The molecule has 0 N–H and O–H groups in total. The number of hydrogen-bond acceptors (Lipinski definition) is 1. The first kappa shape index (κ1) is 11.8. The zero-order valence-corrected chi connectivity index (χ0v) is 9.23. The summed E-state index contributed by atoms with van der Waals surface area (Å²) in [4.78, 5) is 12.3. The molecule has 0 aromatic carbocycles. The van der Waals surface area contributed by atoms with Gasteiger partial charge in [0.2, 0.25) is 5.91 Å². The van der Waals surface area contributed by atoms with Crippen LogP contribution in [0, 0.1) is 0 Å². The number of likely N-dealkylation sites (tertiary alicyclic amines) is 1. The molecule has 2 nitrogen and oxygen atoms in total. The highest BCUT2D eigenvalue weighted by Gasteiger charge is 2.38. The van der Waals surface area contributed by atoms with Crippen molar-refractivity contribution in [3.63, 3.8) is 0 Å². The van der Waals surface area contributed by atoms with Crippen molar-refractivity contribution in [2.24, 2.45) is 0 Å². The highest BCUT2D eigenvalue weighted by Crippen LogP contribution is 2.27. The molecular formula is C8H11BrF3NO. The fraction of sp³-hybridized carbons (Fsp3) is 0.875. The van der Waals surface area contributed by atoms with Gasteiger partial charge in [0, 0.05) is 12.6 Å². The highest BCUT2D eigenvalue weighted by atomic mass is 79.9. The van der Waals surface area contributed by atoms with Gasteiger partial charge in [-0.3, -0.25) is 4.79 Å². The van der Waals surface area contributed by atoms with Crippen molar-refractivity contribution in [3.8, 4) is 0 Å². The minimum atomic E-state index is -4.20. The number of alkyl halides is 4. The van der Waals surface area contributed by atoms with E-state index < -0.39 is 18.6 Å². The second-order valence-electron chi connectivity index (χ2n) is 3.46. The van der Waals surface area contributed by atoms with E-state index in [0.29, 0.717) is 13.0 Å². The second kappa shape index (κ2) is 4.08. The normalized spacial score (nSPS) is 25.6. The van der Waals surface area contributed by atoms with Crippen molar-refractivity contribution < 1.29 is 18.0 Å². The Morgan fingerprint density at radius 1 is 1.64 bits per heavy atom. The molecule has 0 radical (unpaired) electrons. The summed E-state index contributed by atoms with van der Waals surface area (Å²) < 4.78 is 36.1. The predicted molar refractivity (Wildman–Crippen MR) is 49.2 cm³/mol. The van der Waals surface area contributed by atoms with Crippen LogP contribution in [0.15, 0.2) is 0 Å². The molecule has 0 spiro atoms. The summed E-state index contributed by atoms with van der Waals surface area (Å²) in [5, 5.41) is 0. The molecule has 1 aliphatic rings. The van der Waals surface area contributed by atoms with E-state index in [0.717, 1.165) is 0 Å². The van der Waals surface area contributed by atoms with Crippen molar-refractivity contribution in [3.05, 3.63) is 0 Å². The molecule has 6 heteroatoms. The first-order chi connectivity index (χ1) is 6.31. The van der Waals surface area contributed by atoms with Crippen LogP contribution in [0.2, 0.25) is 0 Å². The third-order valence-corrected chi connectivity index (χ3v) is 3.08. The van der Waals surface area contributed by atoms with E-state index >= 15 is 0 Å². The molecule has 82 valence electrons. The van der Waals surface area contributed by atoms with Crippen LogP contribution >= 0.6 is 15.9 Å². The van der Waals surface area contributed by atoms with Crippen LogP contribution in [0.25, 0.3) is 0 Å². The number of carbonyl (C=O) groups is 1. The summed E-state index contributed by atoms with van der Waals surface area (Å²) in [5.41, 5.74) is 0. The standard InChI is InChI=1S/C8H11BrF3NO/c1-5(4-8(10,11)12)13-3-2-6(9)7(13)14/h5-6H,2-4H2,1H3. The van der Waals surface area contributed by atoms with Gasteiger partial charge in [-0.05, 0) is 13.3 Å². The Hall–Kier alpha value is -0.260. The zero-order valence-electron chi connectivity index (χ0n) is 7.64. The lowest BCUT2D eigenvalue weighted by atomic mass is 10.2. The van der Waals surface area contributed by atoms with Crippen LogP contribution in [-0.2, 0) is 4.79 Å². The van der Waals surface area contributed by atoms with Gasteiger partial charge in [-0.25, -0.2) is 0 Å². The van der Waals surface area contributed by atoms with Gasteiger partial charge in [0.1, 0.15) is 0 Å². The Morgan fingerprint density at radius 3 is 2.57 bits per heavy atom. The van der Waals surface area contributed by atoms with Crippen molar-refractivity contribution in [2.45, 2.75) is 36.8 Å². The first-order valence-electron chi connectivity index (χ1n) is 4.32. The van der Waals surface area contributed by atoms with Gasteiger partial charge in [0.15, 0.2) is 0 Å². The second-order valence-corrected chi connectivity index (χ2v) is 4.56. The predicted octanol–water partition coefficient (Wildman–Crippen LogP) is 2.32. The Balaban J connectivity index is 2.54. The van der Waals surface area contributed by atoms with Crippen molar-refractivity contribution >= 4 is 21.8 Å². The number of nitrogens with zero attached hydrogens (tertiary/aromatic N) is 1. The van der Waals surface area contributed by atoms with Gasteiger partial charge < -0.3 is 4.90 Å². The number of carbonyl (C=O) groups excluding carboxylic acids is 1. The van der Waals surface area contributed by atoms with Crippen LogP contribution in [-0.4, -0.2) is 34.4 Å². The summed E-state index contributed by atoms with van der Waals surface area (Å²) >= 11 is 3.12. The number of halogens is 4. The Kier molecular flexibility index (Phi) is 3.44. The lowest BCUT2D eigenvalue weighted by Gasteiger charge is -2.25. The smallest absolute Gasteiger partial charge is 0.339 e. The van der Waals surface area contributed by atoms with Crippen LogP contribution < -0.4 is 0 Å². The molecule has 1 saturated heterocycles. The molecule has 1 amide bonds. The topological polar surface area (TPSA) is 20.3 Å². The maximum Gasteiger partial charge on any atom is 0.391 e. The molecular weight excluding hydrogens is 263 g/mol. The Bertz CT molecular complexity index is 231. The monoisotopic (exact) mass is 273 g/mol. The molecule has 2 unspecified atom stereocenters. The van der Waals surface area contributed by atoms with E-state index in [2.05, 4.69) is 15.9 Å². The third-order valence-electron chi connectivity index (χ3n) is 2.23. The molecule has 2 atom stereocenters. The van der Waals surface area contributed by atoms with Crippen LogP contribution in [0.4, 0.5) is 13.2 Å². The van der Waals surface area contributed by atoms with Crippen LogP contribution in [0.3, 0.4) is 0 Å². The quantitative estimate of drug-likeness (QED) is 0.708. The third kappa shape index (κ3) is 2.87. The largest absolute Gasteiger partial charge is 0.391 e. The van der Waals surface area contributed by atoms with Crippen LogP contribution in [0.1, 0.15) is 19.8 Å². The van der Waals surface area contributed by atoms with Gasteiger partial charge in [0.05, 0.1) is 11.2 Å². The lowest BCUT2D eigenvalue weighted by Crippen LogP contribution is -2.38. The highest BCUT2D eigenvalue weighted by molar-refractivity contribution is 9.10. The molecule has 0 bridgehead atoms. The molecule has 1 heterocycles. The van der Waals surface area contributed by atoms with E-state index in [1.165, 1.54) is 11.8 Å². The average molecular weight is 274 g/mol. The SMILES string of the molecule is CC(CC(F)(F)F)N1CCC(Br)C1=O. The maximum absolute atomic E-state index is 12.0. The maximum atomic E-state index is 12.0. The van der Waals surface area contributed by atoms with E-state index in [1.807, 2.05) is 0 Å². The fourth-order valence-electron chi connectivity index (χ4n) is 1.55. The lowest BCUT2D eigenvalue weighted by molar-refractivity contribution is -0.150. The molecule has 0 saturated carbocycles. The molecule has 1 aliphatic heterocycles. The van der Waals surface area contributed by atoms with E-state index in [1.54, 1.807) is 0 Å². The van der Waals surface area contributed by atoms with Crippen molar-refractivity contribution in [1.29, 1.82) is 0 Å². The molecule has 14 heavy (non-hydrogen) atoms. The van der Waals surface area contributed by atoms with Gasteiger partial charge in [0.25, 0.3) is 0 Å². The van der Waals surface area contributed by atoms with Crippen LogP contribution in [0.5, 0.6) is 0 Å². The fourth-order valence-corrected chi connectivity index (χ4v) is 2.02. The molecule has 1 rings (SSSR count). The molecule has 0 aromatic heterocycles. The molecule has 0 aromatic rings. The summed E-state index contributed by atoms with van der Waals surface area (Å²) in [5.74, 6) is -0.234. The van der Waals surface area contributed by atoms with E-state index in [4.69, 9.17) is 0 Å². The molecule has 0 aliphatic carbocycles. The molecule has 1 fully saturated rings. The number of rotatable bonds is 2. The van der Waals surface area contributed by atoms with Gasteiger partial charge in [-0.2, -0.15) is 13.2 Å². The number of amides is 1. The van der Waals surface area contributed by atoms with Gasteiger partial charge in [-0.15, -0.1) is 0 Å². The minimum absolute atomic E-state index is 0.234. The first-order valence-corrected chi connectivity index (χ1v) is 5.24. The Labute approximate surface area is 88.6 Å².